The number of amides is 1. The van der Waals surface area contributed by atoms with Gasteiger partial charge in [0.15, 0.2) is 0 Å². The van der Waals surface area contributed by atoms with E-state index in [0.717, 1.165) is 19.5 Å². The summed E-state index contributed by atoms with van der Waals surface area (Å²) in [4.78, 5) is 14.1. The van der Waals surface area contributed by atoms with E-state index in [2.05, 4.69) is 42.3 Å². The van der Waals surface area contributed by atoms with E-state index in [0.29, 0.717) is 12.5 Å². The molecule has 23 heavy (non-hydrogen) atoms. The molecule has 1 aromatic rings. The van der Waals surface area contributed by atoms with Crippen molar-refractivity contribution in [2.75, 3.05) is 24.5 Å². The number of hydrogen-bond donors (Lipinski definition) is 1. The second-order valence-corrected chi connectivity index (χ2v) is 7.66. The Morgan fingerprint density at radius 2 is 1.91 bits per heavy atom. The summed E-state index contributed by atoms with van der Waals surface area (Å²) in [6.45, 7) is 12.8. The van der Waals surface area contributed by atoms with Crippen LogP contribution >= 0.6 is 0 Å². The molecule has 1 unspecified atom stereocenters. The zero-order chi connectivity index (χ0) is 17.0. The Morgan fingerprint density at radius 1 is 1.26 bits per heavy atom. The Morgan fingerprint density at radius 3 is 2.52 bits per heavy atom. The first kappa shape index (κ1) is 17.6. The van der Waals surface area contributed by atoms with E-state index >= 15 is 0 Å². The summed E-state index contributed by atoms with van der Waals surface area (Å²) in [5.41, 5.74) is 3.52. The number of hydrogen-bond acceptors (Lipinski definition) is 3. The average Bonchev–Trinajstić information content (AvgIpc) is 2.84. The van der Waals surface area contributed by atoms with Crippen molar-refractivity contribution in [3.8, 4) is 0 Å². The molecule has 0 saturated carbocycles. The molecule has 0 bridgehead atoms. The number of nitrogens with zero attached hydrogens (tertiary/aromatic N) is 1. The van der Waals surface area contributed by atoms with Gasteiger partial charge in [-0.3, -0.25) is 0 Å². The zero-order valence-corrected chi connectivity index (χ0v) is 15.1. The Hall–Kier alpha value is -1.71. The number of carbonyl (C=O) groups excluding carboxylic acids is 1. The zero-order valence-electron chi connectivity index (χ0n) is 15.1. The van der Waals surface area contributed by atoms with Gasteiger partial charge < -0.3 is 15.0 Å². The Bertz CT molecular complexity index is 529. The molecule has 1 fully saturated rings. The monoisotopic (exact) mass is 318 g/mol. The number of nitrogens with one attached hydrogen (secondary N) is 1. The average molecular weight is 318 g/mol. The molecule has 0 spiro atoms. The topological polar surface area (TPSA) is 41.6 Å². The largest absolute Gasteiger partial charge is 0.444 e. The third-order valence-corrected chi connectivity index (χ3v) is 4.08. The van der Waals surface area contributed by atoms with Crippen molar-refractivity contribution in [1.29, 1.82) is 0 Å². The normalized spacial score (nSPS) is 18.1. The van der Waals surface area contributed by atoms with E-state index in [4.69, 9.17) is 4.74 Å². The van der Waals surface area contributed by atoms with Crippen LogP contribution in [0.5, 0.6) is 0 Å². The van der Waals surface area contributed by atoms with E-state index < -0.39 is 5.60 Å². The maximum Gasteiger partial charge on any atom is 0.407 e. The van der Waals surface area contributed by atoms with Crippen molar-refractivity contribution in [1.82, 2.24) is 5.32 Å². The maximum absolute atomic E-state index is 11.6. The molecule has 1 N–H and O–H groups in total. The first-order valence-electron chi connectivity index (χ1n) is 8.53. The Labute approximate surface area is 140 Å². The molecule has 1 saturated heterocycles. The molecule has 0 radical (unpaired) electrons. The maximum atomic E-state index is 11.6. The number of aryl methyl sites for hydroxylation is 2. The predicted octanol–water partition coefficient (Wildman–Crippen LogP) is 4.04. The molecule has 1 heterocycles. The highest BCUT2D eigenvalue weighted by molar-refractivity contribution is 5.67. The Kier molecular flexibility index (Phi) is 5.55. The van der Waals surface area contributed by atoms with Crippen molar-refractivity contribution in [3.05, 3.63) is 29.3 Å². The van der Waals surface area contributed by atoms with Gasteiger partial charge in [0.25, 0.3) is 0 Å². The minimum absolute atomic E-state index is 0.318. The molecule has 1 atom stereocenters. The van der Waals surface area contributed by atoms with Gasteiger partial charge in [0, 0.05) is 25.3 Å². The molecule has 4 heteroatoms. The lowest BCUT2D eigenvalue weighted by Gasteiger charge is -2.21. The van der Waals surface area contributed by atoms with Crippen LogP contribution < -0.4 is 10.2 Å². The Balaban J connectivity index is 1.76. The van der Waals surface area contributed by atoms with Crippen molar-refractivity contribution in [3.63, 3.8) is 0 Å². The smallest absolute Gasteiger partial charge is 0.407 e. The fraction of sp³-hybridized carbons (Fsp3) is 0.632. The van der Waals surface area contributed by atoms with Gasteiger partial charge in [0.2, 0.25) is 0 Å². The summed E-state index contributed by atoms with van der Waals surface area (Å²) in [6.07, 6.45) is 1.87. The van der Waals surface area contributed by atoms with Crippen LogP contribution in [0.25, 0.3) is 0 Å². The van der Waals surface area contributed by atoms with E-state index in [1.807, 2.05) is 20.8 Å². The summed E-state index contributed by atoms with van der Waals surface area (Å²) >= 11 is 0. The summed E-state index contributed by atoms with van der Waals surface area (Å²) < 4.78 is 5.26. The van der Waals surface area contributed by atoms with Gasteiger partial charge in [-0.05, 0) is 76.6 Å². The number of ether oxygens (including phenoxy) is 1. The molecule has 4 nitrogen and oxygen atoms in total. The van der Waals surface area contributed by atoms with Gasteiger partial charge in [-0.1, -0.05) is 6.07 Å². The van der Waals surface area contributed by atoms with Crippen LogP contribution in [-0.4, -0.2) is 31.3 Å². The molecule has 1 amide bonds. The summed E-state index contributed by atoms with van der Waals surface area (Å²) in [6, 6.07) is 6.73. The van der Waals surface area contributed by atoms with Gasteiger partial charge in [-0.15, -0.1) is 0 Å². The second kappa shape index (κ2) is 7.24. The van der Waals surface area contributed by atoms with Crippen LogP contribution in [0, 0.1) is 19.8 Å². The van der Waals surface area contributed by atoms with Crippen LogP contribution in [0.15, 0.2) is 18.2 Å². The second-order valence-electron chi connectivity index (χ2n) is 7.66. The van der Waals surface area contributed by atoms with Gasteiger partial charge in [0.05, 0.1) is 0 Å². The minimum Gasteiger partial charge on any atom is -0.444 e. The standard InChI is InChI=1S/C19H30N2O2/c1-14-10-15(2)12-17(11-14)21-9-7-16(13-21)6-8-20-18(22)23-19(3,4)5/h10-12,16H,6-9,13H2,1-5H3,(H,20,22). The summed E-state index contributed by atoms with van der Waals surface area (Å²) in [5.74, 6) is 0.630. The highest BCUT2D eigenvalue weighted by atomic mass is 16.6. The summed E-state index contributed by atoms with van der Waals surface area (Å²) in [5, 5.41) is 2.86. The molecular formula is C19H30N2O2. The van der Waals surface area contributed by atoms with Crippen molar-refractivity contribution >= 4 is 11.8 Å². The molecule has 128 valence electrons. The summed E-state index contributed by atoms with van der Waals surface area (Å²) in [7, 11) is 0. The van der Waals surface area contributed by atoms with E-state index in [9.17, 15) is 4.79 Å². The third kappa shape index (κ3) is 5.77. The molecule has 0 aliphatic carbocycles. The van der Waals surface area contributed by atoms with Crippen molar-refractivity contribution in [2.24, 2.45) is 5.92 Å². The van der Waals surface area contributed by atoms with Crippen molar-refractivity contribution in [2.45, 2.75) is 53.1 Å². The van der Waals surface area contributed by atoms with Crippen LogP contribution in [0.2, 0.25) is 0 Å². The van der Waals surface area contributed by atoms with Crippen LogP contribution in [0.4, 0.5) is 10.5 Å². The highest BCUT2D eigenvalue weighted by Crippen LogP contribution is 2.27. The number of rotatable bonds is 4. The van der Waals surface area contributed by atoms with Crippen molar-refractivity contribution < 1.29 is 9.53 Å². The number of benzene rings is 1. The van der Waals surface area contributed by atoms with E-state index in [1.54, 1.807) is 0 Å². The minimum atomic E-state index is -0.433. The van der Waals surface area contributed by atoms with Gasteiger partial charge in [-0.25, -0.2) is 4.79 Å². The van der Waals surface area contributed by atoms with Crippen LogP contribution in [-0.2, 0) is 4.74 Å². The first-order chi connectivity index (χ1) is 10.7. The van der Waals surface area contributed by atoms with E-state index in [1.165, 1.54) is 23.2 Å². The fourth-order valence-corrected chi connectivity index (χ4v) is 3.13. The third-order valence-electron chi connectivity index (χ3n) is 4.08. The van der Waals surface area contributed by atoms with Crippen LogP contribution in [0.1, 0.15) is 44.7 Å². The lowest BCUT2D eigenvalue weighted by atomic mass is 10.1. The lowest BCUT2D eigenvalue weighted by Crippen LogP contribution is -2.33. The molecule has 2 rings (SSSR count). The first-order valence-corrected chi connectivity index (χ1v) is 8.53. The SMILES string of the molecule is Cc1cc(C)cc(N2CCC(CCNC(=O)OC(C)(C)C)C2)c1. The molecule has 1 aliphatic heterocycles. The quantitative estimate of drug-likeness (QED) is 0.911. The lowest BCUT2D eigenvalue weighted by molar-refractivity contribution is 0.0525. The van der Waals surface area contributed by atoms with Gasteiger partial charge in [-0.2, -0.15) is 0 Å². The van der Waals surface area contributed by atoms with E-state index in [-0.39, 0.29) is 6.09 Å². The van der Waals surface area contributed by atoms with Gasteiger partial charge in [0.1, 0.15) is 5.60 Å². The molecule has 1 aromatic carbocycles. The predicted molar refractivity (Wildman–Crippen MR) is 95.1 cm³/mol. The highest BCUT2D eigenvalue weighted by Gasteiger charge is 2.23. The fourth-order valence-electron chi connectivity index (χ4n) is 3.13. The number of carbonyl (C=O) groups is 1. The number of anilines is 1. The van der Waals surface area contributed by atoms with Crippen LogP contribution in [0.3, 0.4) is 0 Å². The molecule has 1 aliphatic rings. The number of alkyl carbamates (subject to hydrolysis) is 1. The molecular weight excluding hydrogens is 288 g/mol. The molecule has 0 aromatic heterocycles. The van der Waals surface area contributed by atoms with Gasteiger partial charge >= 0.3 is 6.09 Å².